The number of amides is 2. The van der Waals surface area contributed by atoms with E-state index >= 15 is 0 Å². The molecular weight excluding hydrogens is 1350 g/mol. The molecule has 0 aromatic rings. The predicted octanol–water partition coefficient (Wildman–Crippen LogP) is 6.44. The number of rotatable bonds is 2. The number of hydrogen-bond acceptors (Lipinski definition) is 4. The zero-order chi connectivity index (χ0) is 27.5. The van der Waals surface area contributed by atoms with Gasteiger partial charge in [0.05, 0.1) is 0 Å². The zero-order valence-corrected chi connectivity index (χ0v) is 48.0. The molecule has 3 aliphatic heterocycles. The normalized spacial score (nSPS) is 17.5. The first-order chi connectivity index (χ1) is 16.9. The number of aliphatic hydroxyl groups excluding tert-OH is 1. The Morgan fingerprint density at radius 3 is 0.958 bits per heavy atom. The van der Waals surface area contributed by atoms with Crippen LogP contribution in [0.25, 0.3) is 0 Å². The molecule has 5 radical (unpaired) electrons. The average molecular weight is 1410 g/mol. The molecule has 2 amide bonds. The monoisotopic (exact) mass is 1410 g/mol. The molecule has 17 heteroatoms. The first-order valence-corrected chi connectivity index (χ1v) is 13.7. The van der Waals surface area contributed by atoms with Gasteiger partial charge >= 0.3 is 119 Å². The van der Waals surface area contributed by atoms with Gasteiger partial charge in [-0.25, -0.2) is 0 Å². The molecule has 281 valence electrons. The average Bonchev–Trinajstić information content (AvgIpc) is 3.69. The molecule has 7 nitrogen and oxygen atoms in total. The fraction of sp³-hybridized carbons (Fsp3) is 0.548. The summed E-state index contributed by atoms with van der Waals surface area (Å²) in [4.78, 5) is 31.4. The van der Waals surface area contributed by atoms with Crippen molar-refractivity contribution in [2.75, 3.05) is 19.6 Å². The molecule has 0 bridgehead atoms. The smallest absolute Gasteiger partial charge is 0.665 e. The van der Waals surface area contributed by atoms with E-state index in [1.165, 1.54) is 45.1 Å². The molecule has 48 heavy (non-hydrogen) atoms. The molecule has 4 fully saturated rings. The molecule has 4 rings (SSSR count). The summed E-state index contributed by atoms with van der Waals surface area (Å²) >= 11 is 0. The number of nitrogens with zero attached hydrogens (tertiary/aromatic N) is 2. The van der Waals surface area contributed by atoms with E-state index in [1.54, 1.807) is 9.80 Å². The standard InChI is InChI=1S/2C6H9NO.C6H11.C5H10N.CHO2.2CH4P.5CH3.5V.3W/c2*1-6-3-2-4-7(6)5-8;1-6-4-2-3-5-6;1-5-3-2-4-6-5;2-1-3;2*1-2;;;;;;;;;;;;;/h2*6H,1-4H2;6H,1-5H2;5-6H,1-4H2;(H,2,3);2*1-2H2;5*1H3;;;;;;;;/q2*-2;10*-1;;;6*+2. The van der Waals surface area contributed by atoms with Gasteiger partial charge in [0.1, 0.15) is 0 Å². The number of nitrogens with one attached hydrogen (secondary N) is 1. The summed E-state index contributed by atoms with van der Waals surface area (Å²) in [5.41, 5.74) is 0. The third-order valence-corrected chi connectivity index (χ3v) is 5.63. The van der Waals surface area contributed by atoms with Crippen LogP contribution in [-0.2, 0) is 170 Å². The number of carbonyl (C=O) groups excluding carboxylic acids is 2. The van der Waals surface area contributed by atoms with Gasteiger partial charge in [-0.2, -0.15) is 18.7 Å². The fourth-order valence-corrected chi connectivity index (χ4v) is 3.68. The summed E-state index contributed by atoms with van der Waals surface area (Å²) in [7, 11) is 4.33. The second kappa shape index (κ2) is 84.0. The molecule has 5 atom stereocenters. The van der Waals surface area contributed by atoms with Crippen molar-refractivity contribution in [2.24, 2.45) is 5.92 Å². The summed E-state index contributed by atoms with van der Waals surface area (Å²) < 4.78 is 0. The molecule has 1 aliphatic carbocycles. The Hall–Kier alpha value is 4.22. The Bertz CT molecular complexity index is 467. The van der Waals surface area contributed by atoms with E-state index in [4.69, 9.17) is 9.90 Å². The van der Waals surface area contributed by atoms with Gasteiger partial charge in [0.2, 0.25) is 0 Å². The fourth-order valence-electron chi connectivity index (χ4n) is 3.68. The van der Waals surface area contributed by atoms with Crippen molar-refractivity contribution >= 4 is 37.8 Å². The van der Waals surface area contributed by atoms with E-state index < -0.39 is 0 Å². The largest absolute Gasteiger partial charge is 2.00 e. The van der Waals surface area contributed by atoms with E-state index in [0.717, 1.165) is 44.7 Å². The second-order valence-corrected chi connectivity index (χ2v) is 8.20. The summed E-state index contributed by atoms with van der Waals surface area (Å²) in [5.74, 6) is 0.796. The van der Waals surface area contributed by atoms with Crippen LogP contribution in [0, 0.1) is 84.1 Å². The molecule has 0 aromatic heterocycles. The molecule has 1 saturated carbocycles. The topological polar surface area (TPSA) is 89.9 Å². The third-order valence-electron chi connectivity index (χ3n) is 5.63. The first-order valence-electron chi connectivity index (χ1n) is 12.1. The summed E-state index contributed by atoms with van der Waals surface area (Å²) in [6.45, 7) is 25.0. The summed E-state index contributed by atoms with van der Waals surface area (Å²) in [5, 5.41) is 9.97. The molecular formula is C31H63N3O4P2V5W3-2. The van der Waals surface area contributed by atoms with E-state index in [2.05, 4.69) is 64.8 Å². The summed E-state index contributed by atoms with van der Waals surface area (Å²) in [6.07, 6.45) is 16.1. The van der Waals surface area contributed by atoms with Gasteiger partial charge < -0.3 is 131 Å². The van der Waals surface area contributed by atoms with Gasteiger partial charge in [-0.1, -0.05) is 51.4 Å². The van der Waals surface area contributed by atoms with Crippen molar-refractivity contribution < 1.29 is 175 Å². The van der Waals surface area contributed by atoms with Crippen LogP contribution in [0.5, 0.6) is 0 Å². The van der Waals surface area contributed by atoms with Gasteiger partial charge in [-0.3, -0.25) is 0 Å². The van der Waals surface area contributed by atoms with Gasteiger partial charge in [0.25, 0.3) is 0 Å². The Kier molecular flexibility index (Phi) is 183. The molecule has 3 saturated heterocycles. The number of hydrogen-bond donors (Lipinski definition) is 2. The molecule has 4 aliphatic rings. The molecule has 5 unspecified atom stereocenters. The third kappa shape index (κ3) is 68.3. The van der Waals surface area contributed by atoms with E-state index in [-0.39, 0.29) is 205 Å². The maximum absolute atomic E-state index is 9.98. The van der Waals surface area contributed by atoms with Crippen molar-refractivity contribution in [3.05, 3.63) is 78.2 Å². The Morgan fingerprint density at radius 2 is 0.875 bits per heavy atom. The van der Waals surface area contributed by atoms with Crippen molar-refractivity contribution in [3.8, 4) is 0 Å². The SMILES string of the molecule is O=[C-]O.[CH2-]C1CCCC1.[CH2-]C1CCCN1.[CH2-]C1CCCN1[C-]=O.[CH2-]C1CCCN1[C-]=O.[CH2-]P.[CH2-]P.[CH3-].[CH3-].[CH3-].[CH3-].[CH3-].[V+2].[V+2].[V+2].[V].[V].[W+2].[W+2].[W+2]. The first kappa shape index (κ1) is 104. The van der Waals surface area contributed by atoms with Crippen LogP contribution >= 0.6 is 18.5 Å². The van der Waals surface area contributed by atoms with Crippen LogP contribution in [0.15, 0.2) is 0 Å². The van der Waals surface area contributed by atoms with Crippen LogP contribution in [0.2, 0.25) is 0 Å². The zero-order valence-electron chi connectivity index (χ0n) is 29.9. The van der Waals surface area contributed by atoms with Gasteiger partial charge in [-0.05, 0) is 38.9 Å². The Labute approximate surface area is 409 Å². The molecule has 2 N–H and O–H groups in total. The van der Waals surface area contributed by atoms with E-state index in [0.29, 0.717) is 12.5 Å². The minimum absolute atomic E-state index is 0. The van der Waals surface area contributed by atoms with Gasteiger partial charge in [0.15, 0.2) is 0 Å². The van der Waals surface area contributed by atoms with Crippen LogP contribution in [0.4, 0.5) is 0 Å². The minimum Gasteiger partial charge on any atom is -0.665 e. The van der Waals surface area contributed by atoms with Crippen molar-refractivity contribution in [1.29, 1.82) is 0 Å². The van der Waals surface area contributed by atoms with Gasteiger partial charge in [0, 0.05) is 37.1 Å². The Morgan fingerprint density at radius 1 is 0.583 bits per heavy atom. The molecule has 0 aromatic carbocycles. The quantitative estimate of drug-likeness (QED) is 0.246. The summed E-state index contributed by atoms with van der Waals surface area (Å²) in [6, 6.07) is 0.921. The maximum atomic E-state index is 9.98. The maximum Gasteiger partial charge on any atom is 2.00 e. The molecule has 3 heterocycles. The number of likely N-dealkylation sites (tertiary alicyclic amines) is 2. The minimum atomic E-state index is 0. The second-order valence-electron chi connectivity index (χ2n) is 8.20. The van der Waals surface area contributed by atoms with Crippen molar-refractivity contribution in [2.45, 2.75) is 82.3 Å². The predicted molar refractivity (Wildman–Crippen MR) is 186 cm³/mol. The Balaban J connectivity index is -0.0000000177. The van der Waals surface area contributed by atoms with Crippen molar-refractivity contribution in [1.82, 2.24) is 15.1 Å². The van der Waals surface area contributed by atoms with Crippen LogP contribution < -0.4 is 5.32 Å². The van der Waals surface area contributed by atoms with E-state index in [1.807, 2.05) is 12.8 Å². The van der Waals surface area contributed by atoms with E-state index in [9.17, 15) is 9.59 Å². The van der Waals surface area contributed by atoms with Gasteiger partial charge in [-0.15, -0.1) is 18.1 Å². The van der Waals surface area contributed by atoms with Crippen LogP contribution in [0.3, 0.4) is 0 Å². The van der Waals surface area contributed by atoms with Crippen LogP contribution in [0.1, 0.15) is 64.2 Å². The molecule has 0 spiro atoms. The van der Waals surface area contributed by atoms with Crippen molar-refractivity contribution in [3.63, 3.8) is 0 Å². The van der Waals surface area contributed by atoms with Crippen LogP contribution in [-0.4, -0.2) is 72.0 Å².